The van der Waals surface area contributed by atoms with Crippen LogP contribution in [0.1, 0.15) is 16.2 Å². The number of pyridine rings is 1. The van der Waals surface area contributed by atoms with E-state index in [0.717, 1.165) is 0 Å². The largest absolute Gasteiger partial charge is 0.443 e. The lowest BCUT2D eigenvalue weighted by atomic mass is 10.1. The molecule has 5 nitrogen and oxygen atoms in total. The Morgan fingerprint density at radius 1 is 1.00 bits per heavy atom. The highest BCUT2D eigenvalue weighted by molar-refractivity contribution is 6.44. The van der Waals surface area contributed by atoms with Crippen molar-refractivity contribution in [1.29, 1.82) is 0 Å². The van der Waals surface area contributed by atoms with E-state index in [4.69, 9.17) is 9.47 Å². The Morgan fingerprint density at radius 2 is 1.65 bits per heavy atom. The third kappa shape index (κ3) is 2.14. The Kier molecular flexibility index (Phi) is 2.95. The van der Waals surface area contributed by atoms with Crippen LogP contribution in [0.25, 0.3) is 0 Å². The molecule has 0 bridgehead atoms. The minimum absolute atomic E-state index is 0.0955. The van der Waals surface area contributed by atoms with E-state index < -0.39 is 17.9 Å². The molecule has 0 spiro atoms. The molecule has 100 valence electrons. The third-order valence-electron chi connectivity index (χ3n) is 2.88. The number of ether oxygens (including phenoxy) is 2. The van der Waals surface area contributed by atoms with Gasteiger partial charge < -0.3 is 9.47 Å². The molecule has 2 aromatic rings. The number of carbonyl (C=O) groups is 2. The molecule has 0 atom stereocenters. The van der Waals surface area contributed by atoms with Crippen molar-refractivity contribution in [3.8, 4) is 11.5 Å². The van der Waals surface area contributed by atoms with Gasteiger partial charge >= 0.3 is 6.29 Å². The molecule has 0 unspecified atom stereocenters. The van der Waals surface area contributed by atoms with E-state index in [9.17, 15) is 9.59 Å². The van der Waals surface area contributed by atoms with E-state index >= 15 is 0 Å². The molecule has 5 heteroatoms. The minimum Gasteiger partial charge on any atom is -0.443 e. The summed E-state index contributed by atoms with van der Waals surface area (Å²) < 4.78 is 10.6. The van der Waals surface area contributed by atoms with Crippen LogP contribution in [0, 0.1) is 6.92 Å². The van der Waals surface area contributed by atoms with Gasteiger partial charge in [0.1, 0.15) is 5.69 Å². The number of fused-ring (bicyclic) bond motifs is 1. The van der Waals surface area contributed by atoms with Gasteiger partial charge in [0.05, 0.1) is 0 Å². The molecule has 0 fully saturated rings. The van der Waals surface area contributed by atoms with Gasteiger partial charge in [-0.15, -0.1) is 0 Å². The molecular weight excluding hydrogens is 258 g/mol. The number of aromatic nitrogens is 1. The van der Waals surface area contributed by atoms with Crippen molar-refractivity contribution >= 4 is 11.6 Å². The molecule has 0 saturated carbocycles. The molecule has 20 heavy (non-hydrogen) atoms. The zero-order chi connectivity index (χ0) is 14.1. The zero-order valence-electron chi connectivity index (χ0n) is 10.7. The van der Waals surface area contributed by atoms with Crippen molar-refractivity contribution in [3.05, 3.63) is 53.9 Å². The minimum atomic E-state index is -1.23. The molecule has 1 aliphatic rings. The fourth-order valence-corrected chi connectivity index (χ4v) is 1.91. The van der Waals surface area contributed by atoms with Crippen molar-refractivity contribution in [1.82, 2.24) is 4.98 Å². The highest BCUT2D eigenvalue weighted by Crippen LogP contribution is 2.34. The maximum Gasteiger partial charge on any atom is 0.309 e. The van der Waals surface area contributed by atoms with Crippen LogP contribution in [0.3, 0.4) is 0 Å². The summed E-state index contributed by atoms with van der Waals surface area (Å²) in [6, 6.07) is 11.8. The fraction of sp³-hybridized carbons (Fsp3) is 0.133. The Balaban J connectivity index is 1.80. The maximum absolute atomic E-state index is 12.1. The van der Waals surface area contributed by atoms with Gasteiger partial charge in [0.15, 0.2) is 11.5 Å². The summed E-state index contributed by atoms with van der Waals surface area (Å²) in [4.78, 5) is 28.2. The number of hydrogen-bond acceptors (Lipinski definition) is 5. The molecule has 0 saturated heterocycles. The monoisotopic (exact) mass is 269 g/mol. The van der Waals surface area contributed by atoms with E-state index in [2.05, 4.69) is 4.98 Å². The zero-order valence-corrected chi connectivity index (χ0v) is 10.7. The predicted molar refractivity (Wildman–Crippen MR) is 69.8 cm³/mol. The van der Waals surface area contributed by atoms with Gasteiger partial charge in [-0.3, -0.25) is 9.59 Å². The first-order chi connectivity index (χ1) is 9.65. The predicted octanol–water partition coefficient (Wildman–Crippen LogP) is 1.94. The Hall–Kier alpha value is -2.69. The molecule has 1 aromatic heterocycles. The topological polar surface area (TPSA) is 65.5 Å². The first kappa shape index (κ1) is 12.3. The fourth-order valence-electron chi connectivity index (χ4n) is 1.91. The van der Waals surface area contributed by atoms with Crippen LogP contribution < -0.4 is 9.47 Å². The molecule has 3 rings (SSSR count). The molecule has 0 aliphatic carbocycles. The van der Waals surface area contributed by atoms with Crippen LogP contribution in [0.15, 0.2) is 42.5 Å². The van der Waals surface area contributed by atoms with Crippen molar-refractivity contribution in [3.63, 3.8) is 0 Å². The number of ketones is 2. The van der Waals surface area contributed by atoms with Gasteiger partial charge in [0.25, 0.3) is 11.6 Å². The van der Waals surface area contributed by atoms with Gasteiger partial charge in [-0.05, 0) is 31.2 Å². The van der Waals surface area contributed by atoms with Gasteiger partial charge in [-0.25, -0.2) is 4.98 Å². The van der Waals surface area contributed by atoms with E-state index in [1.807, 2.05) is 0 Å². The molecule has 0 radical (unpaired) electrons. The van der Waals surface area contributed by atoms with Crippen LogP contribution in [0.2, 0.25) is 0 Å². The quantitative estimate of drug-likeness (QED) is 0.629. The molecule has 0 N–H and O–H groups in total. The lowest BCUT2D eigenvalue weighted by molar-refractivity contribution is -0.129. The molecule has 0 amide bonds. The number of hydrogen-bond donors (Lipinski definition) is 0. The van der Waals surface area contributed by atoms with Crippen molar-refractivity contribution in [2.24, 2.45) is 0 Å². The van der Waals surface area contributed by atoms with Gasteiger partial charge in [0.2, 0.25) is 0 Å². The SMILES string of the molecule is Cc1cccc(C(=O)C(=O)C2Oc3ccccc3O2)n1. The number of Topliss-reactive ketones (excluding diaryl/α,β-unsaturated/α-hetero) is 2. The lowest BCUT2D eigenvalue weighted by Crippen LogP contribution is -2.35. The maximum atomic E-state index is 12.1. The van der Waals surface area contributed by atoms with Crippen LogP contribution in [0.4, 0.5) is 0 Å². The molecular formula is C15H11NO4. The number of para-hydroxylation sites is 2. The average Bonchev–Trinajstić information content (AvgIpc) is 2.89. The van der Waals surface area contributed by atoms with Crippen LogP contribution in [-0.2, 0) is 4.79 Å². The smallest absolute Gasteiger partial charge is 0.309 e. The first-order valence-corrected chi connectivity index (χ1v) is 6.10. The molecule has 2 heterocycles. The van der Waals surface area contributed by atoms with Crippen molar-refractivity contribution in [2.75, 3.05) is 0 Å². The van der Waals surface area contributed by atoms with Crippen LogP contribution >= 0.6 is 0 Å². The van der Waals surface area contributed by atoms with Crippen molar-refractivity contribution in [2.45, 2.75) is 13.2 Å². The second-order valence-electron chi connectivity index (χ2n) is 4.37. The Labute approximate surface area is 115 Å². The second kappa shape index (κ2) is 4.77. The summed E-state index contributed by atoms with van der Waals surface area (Å²) >= 11 is 0. The van der Waals surface area contributed by atoms with E-state index in [-0.39, 0.29) is 5.69 Å². The van der Waals surface area contributed by atoms with Gasteiger partial charge in [0, 0.05) is 5.69 Å². The third-order valence-corrected chi connectivity index (χ3v) is 2.88. The van der Waals surface area contributed by atoms with Crippen LogP contribution in [-0.4, -0.2) is 22.8 Å². The van der Waals surface area contributed by atoms with Crippen molar-refractivity contribution < 1.29 is 19.1 Å². The number of nitrogens with zero attached hydrogens (tertiary/aromatic N) is 1. The Bertz CT molecular complexity index is 671. The van der Waals surface area contributed by atoms with Crippen LogP contribution in [0.5, 0.6) is 11.5 Å². The summed E-state index contributed by atoms with van der Waals surface area (Å²) in [5.74, 6) is -0.572. The van der Waals surface area contributed by atoms with E-state index in [1.54, 1.807) is 43.3 Å². The summed E-state index contributed by atoms with van der Waals surface area (Å²) in [7, 11) is 0. The van der Waals surface area contributed by atoms with E-state index in [0.29, 0.717) is 17.2 Å². The standard InChI is InChI=1S/C15H11NO4/c1-9-5-4-6-10(16-9)13(17)14(18)15-19-11-7-2-3-8-12(11)20-15/h2-8,15H,1H3. The number of aryl methyl sites for hydroxylation is 1. The summed E-state index contributed by atoms with van der Waals surface area (Å²) in [5.41, 5.74) is 0.762. The van der Waals surface area contributed by atoms with Gasteiger partial charge in [-0.2, -0.15) is 0 Å². The Morgan fingerprint density at radius 3 is 2.25 bits per heavy atom. The molecule has 1 aliphatic heterocycles. The number of benzene rings is 1. The highest BCUT2D eigenvalue weighted by atomic mass is 16.7. The normalized spacial score (nSPS) is 13.2. The average molecular weight is 269 g/mol. The number of rotatable bonds is 3. The summed E-state index contributed by atoms with van der Waals surface area (Å²) in [6.45, 7) is 1.75. The first-order valence-electron chi connectivity index (χ1n) is 6.10. The summed E-state index contributed by atoms with van der Waals surface area (Å²) in [6.07, 6.45) is -1.23. The van der Waals surface area contributed by atoms with E-state index in [1.165, 1.54) is 6.07 Å². The van der Waals surface area contributed by atoms with Gasteiger partial charge in [-0.1, -0.05) is 18.2 Å². The number of carbonyl (C=O) groups excluding carboxylic acids is 2. The highest BCUT2D eigenvalue weighted by Gasteiger charge is 2.35. The summed E-state index contributed by atoms with van der Waals surface area (Å²) in [5, 5.41) is 0. The lowest BCUT2D eigenvalue weighted by Gasteiger charge is -2.07. The second-order valence-corrected chi connectivity index (χ2v) is 4.37. The molecule has 1 aromatic carbocycles.